The minimum absolute atomic E-state index is 0.00675. The predicted molar refractivity (Wildman–Crippen MR) is 127 cm³/mol. The van der Waals surface area contributed by atoms with E-state index in [9.17, 15) is 9.18 Å². The first-order valence-corrected chi connectivity index (χ1v) is 10.9. The largest absolute Gasteiger partial charge is 0.329 e. The molecule has 0 saturated heterocycles. The molecule has 0 bridgehead atoms. The molecule has 0 unspecified atom stereocenters. The molecule has 1 aromatic heterocycles. The number of hydrogen-bond donors (Lipinski definition) is 0. The first-order valence-electron chi connectivity index (χ1n) is 10.9. The maximum absolute atomic E-state index is 13.7. The minimum Gasteiger partial charge on any atom is -0.329 e. The highest BCUT2D eigenvalue weighted by molar-refractivity contribution is 5.97. The molecule has 164 valence electrons. The summed E-state index contributed by atoms with van der Waals surface area (Å²) in [6, 6.07) is 18.3. The fourth-order valence-electron chi connectivity index (χ4n) is 4.36. The first kappa shape index (κ1) is 21.8. The summed E-state index contributed by atoms with van der Waals surface area (Å²) in [5, 5.41) is 0. The lowest BCUT2D eigenvalue weighted by molar-refractivity contribution is 0.0683. The number of carbonyl (C=O) groups is 1. The van der Waals surface area contributed by atoms with Gasteiger partial charge in [0, 0.05) is 17.3 Å². The Labute approximate surface area is 188 Å². The number of hydrogen-bond acceptors (Lipinski definition) is 2. The molecule has 0 spiro atoms. The van der Waals surface area contributed by atoms with Gasteiger partial charge in [0.15, 0.2) is 0 Å². The molecule has 4 nitrogen and oxygen atoms in total. The molecule has 0 saturated carbocycles. The van der Waals surface area contributed by atoms with Crippen molar-refractivity contribution in [3.8, 4) is 5.69 Å². The second-order valence-corrected chi connectivity index (χ2v) is 8.63. The molecule has 5 heteroatoms. The van der Waals surface area contributed by atoms with Gasteiger partial charge >= 0.3 is 0 Å². The van der Waals surface area contributed by atoms with Gasteiger partial charge in [-0.25, -0.2) is 9.37 Å². The number of para-hydroxylation sites is 2. The fraction of sp³-hybridized carbons (Fsp3) is 0.259. The number of carbonyl (C=O) groups excluding carboxylic acids is 1. The van der Waals surface area contributed by atoms with Crippen LogP contribution in [-0.4, -0.2) is 26.4 Å². The summed E-state index contributed by atoms with van der Waals surface area (Å²) in [6.45, 7) is 10.4. The molecule has 4 aromatic rings. The zero-order valence-corrected chi connectivity index (χ0v) is 19.2. The second kappa shape index (κ2) is 8.58. The molecule has 1 heterocycles. The Morgan fingerprint density at radius 1 is 1.00 bits per heavy atom. The Morgan fingerprint density at radius 3 is 2.25 bits per heavy atom. The first-order chi connectivity index (χ1) is 15.3. The maximum atomic E-state index is 13.7. The van der Waals surface area contributed by atoms with Crippen molar-refractivity contribution in [1.82, 2.24) is 14.5 Å². The quantitative estimate of drug-likeness (QED) is 0.382. The monoisotopic (exact) mass is 429 g/mol. The van der Waals surface area contributed by atoms with E-state index in [1.165, 1.54) is 12.1 Å². The molecule has 0 fully saturated rings. The summed E-state index contributed by atoms with van der Waals surface area (Å²) in [5.74, 6) is 0.444. The van der Waals surface area contributed by atoms with Crippen molar-refractivity contribution >= 4 is 16.9 Å². The van der Waals surface area contributed by atoms with Crippen molar-refractivity contribution in [2.24, 2.45) is 0 Å². The van der Waals surface area contributed by atoms with Crippen LogP contribution in [0.25, 0.3) is 16.7 Å². The summed E-state index contributed by atoms with van der Waals surface area (Å²) >= 11 is 0. The standard InChI is InChI=1S/C27H28FN3O/c1-17(2)30(27(32)26-19(4)14-18(3)15-20(26)5)16-25-29-23-8-6-7-9-24(23)31(25)22-12-10-21(28)11-13-22/h6-15,17H,16H2,1-5H3. The molecule has 0 aliphatic carbocycles. The molecule has 1 amide bonds. The minimum atomic E-state index is -0.288. The number of imidazole rings is 1. The molecule has 0 radical (unpaired) electrons. The van der Waals surface area contributed by atoms with Gasteiger partial charge in [0.25, 0.3) is 5.91 Å². The Morgan fingerprint density at radius 2 is 1.62 bits per heavy atom. The van der Waals surface area contributed by atoms with Crippen molar-refractivity contribution in [1.29, 1.82) is 0 Å². The third-order valence-corrected chi connectivity index (χ3v) is 5.80. The van der Waals surface area contributed by atoms with Crippen LogP contribution in [0.3, 0.4) is 0 Å². The number of benzene rings is 3. The van der Waals surface area contributed by atoms with E-state index in [4.69, 9.17) is 4.98 Å². The highest BCUT2D eigenvalue weighted by Crippen LogP contribution is 2.25. The average molecular weight is 430 g/mol. The van der Waals surface area contributed by atoms with E-state index >= 15 is 0 Å². The van der Waals surface area contributed by atoms with E-state index in [2.05, 4.69) is 0 Å². The molecule has 0 aliphatic rings. The molecular weight excluding hydrogens is 401 g/mol. The van der Waals surface area contributed by atoms with Gasteiger partial charge in [0.1, 0.15) is 11.6 Å². The van der Waals surface area contributed by atoms with Crippen molar-refractivity contribution in [3.05, 3.63) is 94.6 Å². The molecule has 3 aromatic carbocycles. The van der Waals surface area contributed by atoms with Gasteiger partial charge < -0.3 is 4.90 Å². The molecule has 0 atom stereocenters. The fourth-order valence-corrected chi connectivity index (χ4v) is 4.36. The van der Waals surface area contributed by atoms with Crippen molar-refractivity contribution in [2.75, 3.05) is 0 Å². The zero-order valence-electron chi connectivity index (χ0n) is 19.2. The lowest BCUT2D eigenvalue weighted by atomic mass is 9.98. The molecule has 4 rings (SSSR count). The molecule has 0 aliphatic heterocycles. The van der Waals surface area contributed by atoms with Gasteiger partial charge in [-0.2, -0.15) is 0 Å². The highest BCUT2D eigenvalue weighted by atomic mass is 19.1. The van der Waals surface area contributed by atoms with E-state index in [0.29, 0.717) is 6.54 Å². The molecule has 0 N–H and O–H groups in total. The van der Waals surface area contributed by atoms with Crippen LogP contribution in [0.4, 0.5) is 4.39 Å². The van der Waals surface area contributed by atoms with Crippen LogP contribution in [0.1, 0.15) is 46.7 Å². The summed E-state index contributed by atoms with van der Waals surface area (Å²) < 4.78 is 15.6. The van der Waals surface area contributed by atoms with E-state index in [-0.39, 0.29) is 17.8 Å². The van der Waals surface area contributed by atoms with Gasteiger partial charge in [-0.15, -0.1) is 0 Å². The van der Waals surface area contributed by atoms with Crippen molar-refractivity contribution in [3.63, 3.8) is 0 Å². The van der Waals surface area contributed by atoms with Crippen LogP contribution < -0.4 is 0 Å². The SMILES string of the molecule is Cc1cc(C)c(C(=O)N(Cc2nc3ccccc3n2-c2ccc(F)cc2)C(C)C)c(C)c1. The van der Waals surface area contributed by atoms with Gasteiger partial charge in [-0.1, -0.05) is 29.8 Å². The smallest absolute Gasteiger partial charge is 0.255 e. The lowest BCUT2D eigenvalue weighted by Crippen LogP contribution is -2.38. The van der Waals surface area contributed by atoms with Crippen LogP contribution in [-0.2, 0) is 6.54 Å². The predicted octanol–water partition coefficient (Wildman–Crippen LogP) is 6.14. The number of rotatable bonds is 5. The average Bonchev–Trinajstić information content (AvgIpc) is 3.09. The Kier molecular flexibility index (Phi) is 5.83. The van der Waals surface area contributed by atoms with E-state index in [0.717, 1.165) is 44.8 Å². The maximum Gasteiger partial charge on any atom is 0.255 e. The normalized spacial score (nSPS) is 11.3. The van der Waals surface area contributed by atoms with Gasteiger partial charge in [0.2, 0.25) is 0 Å². The van der Waals surface area contributed by atoms with Crippen molar-refractivity contribution in [2.45, 2.75) is 47.2 Å². The summed E-state index contributed by atoms with van der Waals surface area (Å²) in [4.78, 5) is 20.4. The van der Waals surface area contributed by atoms with Crippen LogP contribution in [0.2, 0.25) is 0 Å². The third-order valence-electron chi connectivity index (χ3n) is 5.80. The van der Waals surface area contributed by atoms with Crippen LogP contribution in [0.15, 0.2) is 60.7 Å². The molecule has 32 heavy (non-hydrogen) atoms. The van der Waals surface area contributed by atoms with E-state index < -0.39 is 0 Å². The number of amides is 1. The van der Waals surface area contributed by atoms with Crippen LogP contribution >= 0.6 is 0 Å². The van der Waals surface area contributed by atoms with Crippen LogP contribution in [0, 0.1) is 26.6 Å². The molecular formula is C27H28FN3O. The van der Waals surface area contributed by atoms with E-state index in [1.54, 1.807) is 12.1 Å². The van der Waals surface area contributed by atoms with Crippen LogP contribution in [0.5, 0.6) is 0 Å². The Hall–Kier alpha value is -3.47. The zero-order chi connectivity index (χ0) is 23.0. The van der Waals surface area contributed by atoms with E-state index in [1.807, 2.05) is 80.5 Å². The third kappa shape index (κ3) is 4.03. The number of halogens is 1. The number of aryl methyl sites for hydroxylation is 3. The summed E-state index contributed by atoms with van der Waals surface area (Å²) in [5.41, 5.74) is 6.42. The lowest BCUT2D eigenvalue weighted by Gasteiger charge is -2.28. The Balaban J connectivity index is 1.81. The summed E-state index contributed by atoms with van der Waals surface area (Å²) in [6.07, 6.45) is 0. The number of fused-ring (bicyclic) bond motifs is 1. The topological polar surface area (TPSA) is 38.1 Å². The van der Waals surface area contributed by atoms with Crippen molar-refractivity contribution < 1.29 is 9.18 Å². The Bertz CT molecular complexity index is 1270. The number of nitrogens with zero attached hydrogens (tertiary/aromatic N) is 3. The van der Waals surface area contributed by atoms with Gasteiger partial charge in [-0.3, -0.25) is 9.36 Å². The number of aromatic nitrogens is 2. The van der Waals surface area contributed by atoms with Gasteiger partial charge in [0.05, 0.1) is 17.6 Å². The highest BCUT2D eigenvalue weighted by Gasteiger charge is 2.25. The second-order valence-electron chi connectivity index (χ2n) is 8.63. The summed E-state index contributed by atoms with van der Waals surface area (Å²) in [7, 11) is 0. The van der Waals surface area contributed by atoms with Gasteiger partial charge in [-0.05, 0) is 82.1 Å².